The Balaban J connectivity index is 3.51. The van der Waals surface area contributed by atoms with E-state index in [0.717, 1.165) is 32.2 Å². The fourth-order valence-corrected chi connectivity index (χ4v) is 1.36. The fraction of sp³-hybridized carbons (Fsp3) is 0.917. The molecule has 0 aliphatic carbocycles. The van der Waals surface area contributed by atoms with E-state index >= 15 is 0 Å². The summed E-state index contributed by atoms with van der Waals surface area (Å²) in [6, 6.07) is -0.316. The van der Waals surface area contributed by atoms with Crippen LogP contribution in [-0.4, -0.2) is 18.5 Å². The molecule has 0 aliphatic rings. The Morgan fingerprint density at radius 2 is 1.93 bits per heavy atom. The molecule has 3 N–H and O–H groups in total. The first kappa shape index (κ1) is 14.4. The van der Waals surface area contributed by atoms with Gasteiger partial charge in [-0.1, -0.05) is 40.0 Å². The number of unbranched alkanes of at least 4 members (excludes halogenated alkanes) is 2. The number of nitrogens with two attached hydrogens (primary N) is 1. The highest BCUT2D eigenvalue weighted by Crippen LogP contribution is 2.02. The molecule has 0 aromatic heterocycles. The van der Waals surface area contributed by atoms with E-state index < -0.39 is 0 Å². The minimum Gasteiger partial charge on any atom is -0.355 e. The second kappa shape index (κ2) is 8.72. The molecule has 0 aromatic rings. The van der Waals surface area contributed by atoms with Gasteiger partial charge in [0.15, 0.2) is 0 Å². The van der Waals surface area contributed by atoms with Gasteiger partial charge in [0, 0.05) is 6.54 Å². The lowest BCUT2D eigenvalue weighted by atomic mass is 10.1. The van der Waals surface area contributed by atoms with Gasteiger partial charge in [-0.3, -0.25) is 4.79 Å². The molecule has 90 valence electrons. The Kier molecular flexibility index (Phi) is 8.38. The molecule has 0 heterocycles. The van der Waals surface area contributed by atoms with E-state index in [1.54, 1.807) is 0 Å². The van der Waals surface area contributed by atoms with Crippen LogP contribution in [0.4, 0.5) is 0 Å². The minimum absolute atomic E-state index is 0.00625. The molecule has 0 bridgehead atoms. The molecule has 0 radical (unpaired) electrons. The summed E-state index contributed by atoms with van der Waals surface area (Å²) in [6.07, 6.45) is 5.21. The molecule has 0 spiro atoms. The molecule has 0 unspecified atom stereocenters. The summed E-state index contributed by atoms with van der Waals surface area (Å²) >= 11 is 0. The molecule has 1 amide bonds. The smallest absolute Gasteiger partial charge is 0.236 e. The van der Waals surface area contributed by atoms with Gasteiger partial charge in [-0.2, -0.15) is 0 Å². The highest BCUT2D eigenvalue weighted by atomic mass is 16.2. The lowest BCUT2D eigenvalue weighted by Crippen LogP contribution is -2.41. The third-order valence-electron chi connectivity index (χ3n) is 2.48. The van der Waals surface area contributed by atoms with Crippen LogP contribution in [0, 0.1) is 5.92 Å². The van der Waals surface area contributed by atoms with Crippen LogP contribution in [-0.2, 0) is 4.79 Å². The van der Waals surface area contributed by atoms with Gasteiger partial charge in [-0.25, -0.2) is 0 Å². The molecule has 0 aromatic carbocycles. The standard InChI is InChI=1S/C12H26N2O/c1-4-5-6-7-11(13)12(15)14-9-8-10(2)3/h10-11H,4-9,13H2,1-3H3,(H,14,15)/t11-/m0/s1. The Morgan fingerprint density at radius 1 is 1.27 bits per heavy atom. The van der Waals surface area contributed by atoms with Crippen LogP contribution in [0.2, 0.25) is 0 Å². The Labute approximate surface area is 93.8 Å². The van der Waals surface area contributed by atoms with Gasteiger partial charge in [0.25, 0.3) is 0 Å². The van der Waals surface area contributed by atoms with Crippen LogP contribution in [0.25, 0.3) is 0 Å². The first-order chi connectivity index (χ1) is 7.07. The van der Waals surface area contributed by atoms with Gasteiger partial charge in [-0.05, 0) is 18.8 Å². The summed E-state index contributed by atoms with van der Waals surface area (Å²) in [5.41, 5.74) is 5.76. The van der Waals surface area contributed by atoms with Crippen molar-refractivity contribution in [2.45, 2.75) is 58.9 Å². The number of amides is 1. The molecule has 0 rings (SSSR count). The molecular formula is C12H26N2O. The van der Waals surface area contributed by atoms with Gasteiger partial charge in [-0.15, -0.1) is 0 Å². The van der Waals surface area contributed by atoms with E-state index in [4.69, 9.17) is 5.73 Å². The average molecular weight is 214 g/mol. The minimum atomic E-state index is -0.316. The topological polar surface area (TPSA) is 55.1 Å². The SMILES string of the molecule is CCCCC[C@H](N)C(=O)NCCC(C)C. The van der Waals surface area contributed by atoms with Crippen LogP contribution >= 0.6 is 0 Å². The molecule has 3 heteroatoms. The normalized spacial score (nSPS) is 12.9. The zero-order valence-corrected chi connectivity index (χ0v) is 10.4. The van der Waals surface area contributed by atoms with E-state index in [2.05, 4.69) is 26.1 Å². The molecule has 1 atom stereocenters. The lowest BCUT2D eigenvalue weighted by Gasteiger charge is -2.12. The third-order valence-corrected chi connectivity index (χ3v) is 2.48. The fourth-order valence-electron chi connectivity index (χ4n) is 1.36. The highest BCUT2D eigenvalue weighted by molar-refractivity contribution is 5.81. The van der Waals surface area contributed by atoms with Crippen molar-refractivity contribution in [3.8, 4) is 0 Å². The zero-order chi connectivity index (χ0) is 11.7. The number of hydrogen-bond donors (Lipinski definition) is 2. The van der Waals surface area contributed by atoms with Crippen LogP contribution in [0.15, 0.2) is 0 Å². The van der Waals surface area contributed by atoms with Crippen molar-refractivity contribution < 1.29 is 4.79 Å². The second-order valence-corrected chi connectivity index (χ2v) is 4.58. The maximum absolute atomic E-state index is 11.5. The van der Waals surface area contributed by atoms with E-state index in [-0.39, 0.29) is 11.9 Å². The quantitative estimate of drug-likeness (QED) is 0.608. The maximum atomic E-state index is 11.5. The Bertz CT molecular complexity index is 169. The van der Waals surface area contributed by atoms with Crippen LogP contribution in [0.3, 0.4) is 0 Å². The van der Waals surface area contributed by atoms with Gasteiger partial charge in [0.1, 0.15) is 0 Å². The monoisotopic (exact) mass is 214 g/mol. The summed E-state index contributed by atoms with van der Waals surface area (Å²) < 4.78 is 0. The van der Waals surface area contributed by atoms with Crippen molar-refractivity contribution in [1.29, 1.82) is 0 Å². The van der Waals surface area contributed by atoms with Crippen molar-refractivity contribution in [2.75, 3.05) is 6.54 Å². The largest absolute Gasteiger partial charge is 0.355 e. The molecule has 0 fully saturated rings. The third kappa shape index (κ3) is 8.43. The van der Waals surface area contributed by atoms with Crippen LogP contribution < -0.4 is 11.1 Å². The average Bonchev–Trinajstić information content (AvgIpc) is 2.17. The predicted octanol–water partition coefficient (Wildman–Crippen LogP) is 2.06. The first-order valence-corrected chi connectivity index (χ1v) is 6.11. The summed E-state index contributed by atoms with van der Waals surface area (Å²) in [6.45, 7) is 7.19. The number of nitrogens with one attached hydrogen (secondary N) is 1. The van der Waals surface area contributed by atoms with Gasteiger partial charge in [0.05, 0.1) is 6.04 Å². The lowest BCUT2D eigenvalue weighted by molar-refractivity contribution is -0.122. The number of rotatable bonds is 8. The second-order valence-electron chi connectivity index (χ2n) is 4.58. The molecule has 0 aliphatic heterocycles. The number of carbonyl (C=O) groups is 1. The van der Waals surface area contributed by atoms with Crippen molar-refractivity contribution in [3.63, 3.8) is 0 Å². The van der Waals surface area contributed by atoms with E-state index in [9.17, 15) is 4.79 Å². The van der Waals surface area contributed by atoms with Crippen molar-refractivity contribution >= 4 is 5.91 Å². The summed E-state index contributed by atoms with van der Waals surface area (Å²) in [4.78, 5) is 11.5. The molecular weight excluding hydrogens is 188 g/mol. The van der Waals surface area contributed by atoms with E-state index in [0.29, 0.717) is 5.92 Å². The molecule has 3 nitrogen and oxygen atoms in total. The summed E-state index contributed by atoms with van der Waals surface area (Å²) in [5.74, 6) is 0.633. The van der Waals surface area contributed by atoms with Gasteiger partial charge in [0.2, 0.25) is 5.91 Å². The van der Waals surface area contributed by atoms with Gasteiger partial charge < -0.3 is 11.1 Å². The van der Waals surface area contributed by atoms with Crippen molar-refractivity contribution in [2.24, 2.45) is 11.7 Å². The number of carbonyl (C=O) groups excluding carboxylic acids is 1. The summed E-state index contributed by atoms with van der Waals surface area (Å²) in [7, 11) is 0. The zero-order valence-electron chi connectivity index (χ0n) is 10.4. The Hall–Kier alpha value is -0.570. The van der Waals surface area contributed by atoms with Gasteiger partial charge >= 0.3 is 0 Å². The Morgan fingerprint density at radius 3 is 2.47 bits per heavy atom. The molecule has 0 saturated heterocycles. The predicted molar refractivity (Wildman–Crippen MR) is 64.6 cm³/mol. The molecule has 0 saturated carbocycles. The van der Waals surface area contributed by atoms with E-state index in [1.807, 2.05) is 0 Å². The maximum Gasteiger partial charge on any atom is 0.236 e. The van der Waals surface area contributed by atoms with E-state index in [1.165, 1.54) is 6.42 Å². The summed E-state index contributed by atoms with van der Waals surface area (Å²) in [5, 5.41) is 2.88. The van der Waals surface area contributed by atoms with Crippen LogP contribution in [0.5, 0.6) is 0 Å². The van der Waals surface area contributed by atoms with Crippen molar-refractivity contribution in [3.05, 3.63) is 0 Å². The van der Waals surface area contributed by atoms with Crippen molar-refractivity contribution in [1.82, 2.24) is 5.32 Å². The number of hydrogen-bond acceptors (Lipinski definition) is 2. The first-order valence-electron chi connectivity index (χ1n) is 6.11. The molecule has 15 heavy (non-hydrogen) atoms. The van der Waals surface area contributed by atoms with Crippen LogP contribution in [0.1, 0.15) is 52.9 Å². The highest BCUT2D eigenvalue weighted by Gasteiger charge is 2.11.